The quantitative estimate of drug-likeness (QED) is 0.188. The summed E-state index contributed by atoms with van der Waals surface area (Å²) in [7, 11) is 0. The Morgan fingerprint density at radius 3 is 2.28 bits per heavy atom. The van der Waals surface area contributed by atoms with Crippen LogP contribution >= 0.6 is 0 Å². The maximum atomic E-state index is 13.5. The number of carbonyl (C=O) groups excluding carboxylic acids is 2. The maximum Gasteiger partial charge on any atom is 0.295 e. The SMILES string of the molecule is CCOc1ccc(C(O)=C2C(=O)C(=O)N(CCN(CC)CC)[C@H]2c2cccc(Oc3ccccc3)c2)c(C)c1. The smallest absolute Gasteiger partial charge is 0.295 e. The number of likely N-dealkylation sites (N-methyl/N-ethyl adjacent to an activating group) is 1. The van der Waals surface area contributed by atoms with Crippen molar-refractivity contribution in [3.8, 4) is 17.2 Å². The minimum atomic E-state index is -0.758. The van der Waals surface area contributed by atoms with Crippen molar-refractivity contribution in [2.75, 3.05) is 32.8 Å². The standard InChI is InChI=1S/C32H36N2O5/c1-5-33(6-2)18-19-34-29(23-12-11-15-26(21-23)39-24-13-9-8-10-14-24)28(31(36)32(34)37)30(35)27-17-16-25(38-7-3)20-22(27)4/h8-17,20-21,29,35H,5-7,18-19H2,1-4H3/t29-/m0/s1. The molecule has 0 aliphatic carbocycles. The Bertz CT molecular complexity index is 1350. The summed E-state index contributed by atoms with van der Waals surface area (Å²) in [5.41, 5.74) is 1.99. The number of ether oxygens (including phenoxy) is 2. The molecule has 0 bridgehead atoms. The lowest BCUT2D eigenvalue weighted by Gasteiger charge is -2.28. The lowest BCUT2D eigenvalue weighted by atomic mass is 9.93. The number of nitrogens with zero attached hydrogens (tertiary/aromatic N) is 2. The van der Waals surface area contributed by atoms with E-state index in [4.69, 9.17) is 9.47 Å². The highest BCUT2D eigenvalue weighted by molar-refractivity contribution is 6.46. The van der Waals surface area contributed by atoms with Gasteiger partial charge in [-0.25, -0.2) is 0 Å². The molecule has 0 spiro atoms. The van der Waals surface area contributed by atoms with Crippen LogP contribution in [0.3, 0.4) is 0 Å². The van der Waals surface area contributed by atoms with E-state index in [1.54, 1.807) is 17.0 Å². The normalized spacial score (nSPS) is 16.6. The van der Waals surface area contributed by atoms with Crippen molar-refractivity contribution in [1.29, 1.82) is 0 Å². The van der Waals surface area contributed by atoms with Gasteiger partial charge in [-0.3, -0.25) is 9.59 Å². The Morgan fingerprint density at radius 1 is 0.897 bits per heavy atom. The summed E-state index contributed by atoms with van der Waals surface area (Å²) in [6.45, 7) is 11.0. The monoisotopic (exact) mass is 528 g/mol. The molecule has 1 aliphatic heterocycles. The Kier molecular flexibility index (Phi) is 9.04. The van der Waals surface area contributed by atoms with Crippen LogP contribution in [0.5, 0.6) is 17.2 Å². The molecule has 7 nitrogen and oxygen atoms in total. The topological polar surface area (TPSA) is 79.3 Å². The third kappa shape index (κ3) is 6.15. The molecule has 1 saturated heterocycles. The fraction of sp³-hybridized carbons (Fsp3) is 0.312. The lowest BCUT2D eigenvalue weighted by molar-refractivity contribution is -0.140. The Labute approximate surface area is 230 Å². The molecule has 1 N–H and O–H groups in total. The molecule has 0 saturated carbocycles. The van der Waals surface area contributed by atoms with E-state index in [1.807, 2.05) is 74.5 Å². The third-order valence-corrected chi connectivity index (χ3v) is 7.01. The predicted molar refractivity (Wildman–Crippen MR) is 152 cm³/mol. The first kappa shape index (κ1) is 27.9. The molecule has 204 valence electrons. The van der Waals surface area contributed by atoms with Crippen LogP contribution in [-0.4, -0.2) is 59.4 Å². The van der Waals surface area contributed by atoms with Crippen LogP contribution in [0.2, 0.25) is 0 Å². The van der Waals surface area contributed by atoms with Gasteiger partial charge in [-0.15, -0.1) is 0 Å². The summed E-state index contributed by atoms with van der Waals surface area (Å²) < 4.78 is 11.6. The third-order valence-electron chi connectivity index (χ3n) is 7.01. The van der Waals surface area contributed by atoms with E-state index in [0.717, 1.165) is 18.7 Å². The highest BCUT2D eigenvalue weighted by atomic mass is 16.5. The van der Waals surface area contributed by atoms with Crippen LogP contribution in [0.25, 0.3) is 5.76 Å². The molecule has 1 heterocycles. The molecule has 1 aliphatic rings. The summed E-state index contributed by atoms with van der Waals surface area (Å²) in [5.74, 6) is 0.416. The fourth-order valence-electron chi connectivity index (χ4n) is 4.92. The van der Waals surface area contributed by atoms with E-state index in [1.165, 1.54) is 0 Å². The minimum Gasteiger partial charge on any atom is -0.507 e. The zero-order chi connectivity index (χ0) is 27.9. The number of hydrogen-bond donors (Lipinski definition) is 1. The van der Waals surface area contributed by atoms with Crippen molar-refractivity contribution in [3.63, 3.8) is 0 Å². The Balaban J connectivity index is 1.80. The summed E-state index contributed by atoms with van der Waals surface area (Å²) in [6.07, 6.45) is 0. The molecule has 3 aromatic rings. The summed E-state index contributed by atoms with van der Waals surface area (Å²) in [5, 5.41) is 11.5. The molecule has 0 unspecified atom stereocenters. The number of aliphatic hydroxyl groups excluding tert-OH is 1. The van der Waals surface area contributed by atoms with Crippen LogP contribution < -0.4 is 9.47 Å². The van der Waals surface area contributed by atoms with Gasteiger partial charge in [0.1, 0.15) is 23.0 Å². The first-order valence-electron chi connectivity index (χ1n) is 13.4. The molecule has 1 atom stereocenters. The average molecular weight is 529 g/mol. The fourth-order valence-corrected chi connectivity index (χ4v) is 4.92. The van der Waals surface area contributed by atoms with Crippen molar-refractivity contribution in [1.82, 2.24) is 9.80 Å². The number of carbonyl (C=O) groups is 2. The van der Waals surface area contributed by atoms with Crippen molar-refractivity contribution in [2.45, 2.75) is 33.7 Å². The van der Waals surface area contributed by atoms with E-state index < -0.39 is 17.7 Å². The van der Waals surface area contributed by atoms with Crippen LogP contribution in [0, 0.1) is 6.92 Å². The number of aliphatic hydroxyl groups is 1. The highest BCUT2D eigenvalue weighted by Crippen LogP contribution is 2.41. The van der Waals surface area contributed by atoms with Crippen molar-refractivity contribution >= 4 is 17.4 Å². The van der Waals surface area contributed by atoms with Gasteiger partial charge in [-0.2, -0.15) is 0 Å². The second kappa shape index (κ2) is 12.6. The van der Waals surface area contributed by atoms with Crippen LogP contribution in [-0.2, 0) is 9.59 Å². The number of para-hydroxylation sites is 1. The molecule has 4 rings (SSSR count). The summed E-state index contributed by atoms with van der Waals surface area (Å²) >= 11 is 0. The zero-order valence-electron chi connectivity index (χ0n) is 23.0. The van der Waals surface area contributed by atoms with E-state index in [9.17, 15) is 14.7 Å². The number of amides is 1. The second-order valence-corrected chi connectivity index (χ2v) is 9.42. The molecule has 1 amide bonds. The van der Waals surface area contributed by atoms with Gasteiger partial charge in [0.15, 0.2) is 0 Å². The first-order chi connectivity index (χ1) is 18.9. The lowest BCUT2D eigenvalue weighted by Crippen LogP contribution is -2.38. The molecule has 7 heteroatoms. The zero-order valence-corrected chi connectivity index (χ0v) is 23.0. The van der Waals surface area contributed by atoms with Gasteiger partial charge in [0, 0.05) is 18.7 Å². The van der Waals surface area contributed by atoms with Crippen LogP contribution in [0.4, 0.5) is 0 Å². The molecule has 3 aromatic carbocycles. The van der Waals surface area contributed by atoms with Crippen molar-refractivity contribution in [2.24, 2.45) is 0 Å². The van der Waals surface area contributed by atoms with Gasteiger partial charge in [0.05, 0.1) is 18.2 Å². The van der Waals surface area contributed by atoms with Gasteiger partial charge in [-0.05, 0) is 80.5 Å². The molecule has 1 fully saturated rings. The number of aryl methyl sites for hydroxylation is 1. The van der Waals surface area contributed by atoms with Gasteiger partial charge < -0.3 is 24.4 Å². The maximum absolute atomic E-state index is 13.5. The van der Waals surface area contributed by atoms with E-state index in [-0.39, 0.29) is 11.3 Å². The van der Waals surface area contributed by atoms with Gasteiger partial charge in [-0.1, -0.05) is 44.2 Å². The molecule has 39 heavy (non-hydrogen) atoms. The van der Waals surface area contributed by atoms with Gasteiger partial charge in [0.2, 0.25) is 0 Å². The van der Waals surface area contributed by atoms with Gasteiger partial charge >= 0.3 is 0 Å². The predicted octanol–water partition coefficient (Wildman–Crippen LogP) is 5.95. The number of ketones is 1. The molecular formula is C32H36N2O5. The van der Waals surface area contributed by atoms with Crippen LogP contribution in [0.15, 0.2) is 78.4 Å². The Morgan fingerprint density at radius 2 is 1.62 bits per heavy atom. The number of hydrogen-bond acceptors (Lipinski definition) is 6. The number of Topliss-reactive ketones (excluding diaryl/α,β-unsaturated/α-hetero) is 1. The van der Waals surface area contributed by atoms with Crippen molar-refractivity contribution < 1.29 is 24.2 Å². The number of likely N-dealkylation sites (tertiary alicyclic amines) is 1. The number of benzene rings is 3. The number of rotatable bonds is 11. The van der Waals surface area contributed by atoms with E-state index in [0.29, 0.717) is 48.1 Å². The summed E-state index contributed by atoms with van der Waals surface area (Å²) in [4.78, 5) is 30.6. The Hall–Kier alpha value is -4.10. The van der Waals surface area contributed by atoms with Gasteiger partial charge in [0.25, 0.3) is 11.7 Å². The van der Waals surface area contributed by atoms with E-state index >= 15 is 0 Å². The van der Waals surface area contributed by atoms with E-state index in [2.05, 4.69) is 18.7 Å². The minimum absolute atomic E-state index is 0.0728. The largest absolute Gasteiger partial charge is 0.507 e. The average Bonchev–Trinajstić information content (AvgIpc) is 3.19. The molecule has 0 radical (unpaired) electrons. The first-order valence-corrected chi connectivity index (χ1v) is 13.4. The highest BCUT2D eigenvalue weighted by Gasteiger charge is 2.46. The molecule has 0 aromatic heterocycles. The van der Waals surface area contributed by atoms with Crippen molar-refractivity contribution in [3.05, 3.63) is 95.1 Å². The second-order valence-electron chi connectivity index (χ2n) is 9.42. The molecular weight excluding hydrogens is 492 g/mol. The summed E-state index contributed by atoms with van der Waals surface area (Å²) in [6, 6.07) is 21.3. The van der Waals surface area contributed by atoms with Crippen LogP contribution in [0.1, 0.15) is 43.5 Å².